The summed E-state index contributed by atoms with van der Waals surface area (Å²) < 4.78 is 32.8. The summed E-state index contributed by atoms with van der Waals surface area (Å²) in [5, 5.41) is 3.50. The summed E-state index contributed by atoms with van der Waals surface area (Å²) in [5.74, 6) is -0.579. The number of benzene rings is 1. The summed E-state index contributed by atoms with van der Waals surface area (Å²) >= 11 is 0. The largest absolute Gasteiger partial charge is 0.417 e. The van der Waals surface area contributed by atoms with Crippen molar-refractivity contribution >= 4 is 21.1 Å². The predicted octanol–water partition coefficient (Wildman–Crippen LogP) is 1.42. The molecule has 1 aromatic carbocycles. The highest BCUT2D eigenvalue weighted by molar-refractivity contribution is 7.89. The van der Waals surface area contributed by atoms with Gasteiger partial charge < -0.3 is 9.73 Å². The van der Waals surface area contributed by atoms with Crippen molar-refractivity contribution in [3.05, 3.63) is 28.7 Å². The van der Waals surface area contributed by atoms with Gasteiger partial charge in [0.2, 0.25) is 10.0 Å². The molecule has 2 atom stereocenters. The lowest BCUT2D eigenvalue weighted by molar-refractivity contribution is 0.305. The first kappa shape index (κ1) is 15.9. The molecule has 0 spiro atoms. The predicted molar refractivity (Wildman–Crippen MR) is 89.4 cm³/mol. The first-order valence-electron chi connectivity index (χ1n) is 8.44. The molecular weight excluding hydrogens is 330 g/mol. The molecule has 0 amide bonds. The Kier molecular flexibility index (Phi) is 3.98. The maximum Gasteiger partial charge on any atom is 0.417 e. The van der Waals surface area contributed by atoms with Gasteiger partial charge in [0.1, 0.15) is 0 Å². The molecule has 2 N–H and O–H groups in total. The number of hydrogen-bond acceptors (Lipinski definition) is 5. The summed E-state index contributed by atoms with van der Waals surface area (Å²) in [4.78, 5) is 14.0. The molecule has 2 fully saturated rings. The van der Waals surface area contributed by atoms with Crippen LogP contribution in [0.3, 0.4) is 0 Å². The Labute approximate surface area is 140 Å². The van der Waals surface area contributed by atoms with Crippen molar-refractivity contribution in [3.63, 3.8) is 0 Å². The molecule has 130 valence electrons. The van der Waals surface area contributed by atoms with E-state index in [-0.39, 0.29) is 17.0 Å². The molecule has 0 bridgehead atoms. The van der Waals surface area contributed by atoms with Crippen LogP contribution in [0, 0.1) is 0 Å². The number of aromatic nitrogens is 1. The zero-order chi connectivity index (χ0) is 16.7. The molecule has 2 aromatic rings. The van der Waals surface area contributed by atoms with Gasteiger partial charge in [0.15, 0.2) is 5.58 Å². The molecule has 0 radical (unpaired) electrons. The number of H-pyrrole nitrogens is 1. The molecule has 3 heterocycles. The lowest BCUT2D eigenvalue weighted by atomic mass is 10.00. The fraction of sp³-hybridized carbons (Fsp3) is 0.562. The highest BCUT2D eigenvalue weighted by Crippen LogP contribution is 2.31. The van der Waals surface area contributed by atoms with Crippen molar-refractivity contribution in [1.82, 2.24) is 14.6 Å². The first-order valence-corrected chi connectivity index (χ1v) is 9.88. The number of nitrogens with one attached hydrogen (secondary N) is 2. The molecule has 2 aliphatic rings. The standard InChI is InChI=1S/C16H21N3O4S/c20-16-18-13-10-11(5-6-15(13)23-16)24(21,22)19-9-7-12-14(19)4-2-1-3-8-17-12/h5-6,10,12,14,17H,1-4,7-9H2,(H,18,20)/t12-,14-/m1/s1. The van der Waals surface area contributed by atoms with Gasteiger partial charge in [0.25, 0.3) is 0 Å². The second-order valence-electron chi connectivity index (χ2n) is 6.55. The third-order valence-corrected chi connectivity index (χ3v) is 7.00. The molecule has 24 heavy (non-hydrogen) atoms. The quantitative estimate of drug-likeness (QED) is 0.853. The van der Waals surface area contributed by atoms with Gasteiger partial charge >= 0.3 is 5.76 Å². The zero-order valence-electron chi connectivity index (χ0n) is 13.3. The minimum Gasteiger partial charge on any atom is -0.408 e. The van der Waals surface area contributed by atoms with Crippen LogP contribution in [-0.2, 0) is 10.0 Å². The smallest absolute Gasteiger partial charge is 0.408 e. The van der Waals surface area contributed by atoms with Gasteiger partial charge in [-0.1, -0.05) is 12.8 Å². The number of hydrogen-bond donors (Lipinski definition) is 2. The van der Waals surface area contributed by atoms with E-state index in [0.717, 1.165) is 38.6 Å². The van der Waals surface area contributed by atoms with Crippen LogP contribution in [0.5, 0.6) is 0 Å². The molecule has 0 unspecified atom stereocenters. The van der Waals surface area contributed by atoms with E-state index in [0.29, 0.717) is 17.6 Å². The van der Waals surface area contributed by atoms with Crippen LogP contribution < -0.4 is 11.1 Å². The average molecular weight is 351 g/mol. The van der Waals surface area contributed by atoms with Crippen LogP contribution in [0.4, 0.5) is 0 Å². The summed E-state index contributed by atoms with van der Waals surface area (Å²) in [6.07, 6.45) is 5.08. The maximum absolute atomic E-state index is 13.1. The molecule has 0 aliphatic carbocycles. The summed E-state index contributed by atoms with van der Waals surface area (Å²) in [5.41, 5.74) is 0.776. The SMILES string of the molecule is O=c1[nH]c2cc(S(=O)(=O)N3CC[C@H]4NCCCCC[C@H]43)ccc2o1. The van der Waals surface area contributed by atoms with Crippen molar-refractivity contribution in [1.29, 1.82) is 0 Å². The highest BCUT2D eigenvalue weighted by atomic mass is 32.2. The average Bonchev–Trinajstić information content (AvgIpc) is 3.08. The zero-order valence-corrected chi connectivity index (χ0v) is 14.1. The lowest BCUT2D eigenvalue weighted by Gasteiger charge is -2.29. The first-order chi connectivity index (χ1) is 11.6. The van der Waals surface area contributed by atoms with Crippen LogP contribution in [0.15, 0.2) is 32.3 Å². The van der Waals surface area contributed by atoms with Gasteiger partial charge in [-0.05, 0) is 44.0 Å². The van der Waals surface area contributed by atoms with Crippen molar-refractivity contribution in [2.24, 2.45) is 0 Å². The van der Waals surface area contributed by atoms with E-state index in [1.807, 2.05) is 0 Å². The fourth-order valence-electron chi connectivity index (χ4n) is 3.88. The normalized spacial score (nSPS) is 26.2. The molecule has 2 saturated heterocycles. The van der Waals surface area contributed by atoms with Crippen LogP contribution in [-0.4, -0.2) is 42.9 Å². The Morgan fingerprint density at radius 3 is 2.92 bits per heavy atom. The Balaban J connectivity index is 1.68. The summed E-state index contributed by atoms with van der Waals surface area (Å²) in [7, 11) is -3.59. The van der Waals surface area contributed by atoms with Gasteiger partial charge in [0.05, 0.1) is 10.4 Å². The molecule has 2 aliphatic heterocycles. The van der Waals surface area contributed by atoms with Gasteiger partial charge in [0, 0.05) is 18.6 Å². The highest BCUT2D eigenvalue weighted by Gasteiger charge is 2.41. The van der Waals surface area contributed by atoms with Crippen LogP contribution >= 0.6 is 0 Å². The molecular formula is C16H21N3O4S. The van der Waals surface area contributed by atoms with Gasteiger partial charge in [-0.15, -0.1) is 0 Å². The van der Waals surface area contributed by atoms with Crippen molar-refractivity contribution in [2.75, 3.05) is 13.1 Å². The van der Waals surface area contributed by atoms with E-state index in [1.54, 1.807) is 4.31 Å². The molecule has 0 saturated carbocycles. The number of oxazole rings is 1. The number of sulfonamides is 1. The van der Waals surface area contributed by atoms with Gasteiger partial charge in [-0.3, -0.25) is 4.98 Å². The molecule has 8 heteroatoms. The Bertz CT molecular complexity index is 901. The lowest BCUT2D eigenvalue weighted by Crippen LogP contribution is -2.45. The topological polar surface area (TPSA) is 95.4 Å². The maximum atomic E-state index is 13.1. The van der Waals surface area contributed by atoms with E-state index >= 15 is 0 Å². The second kappa shape index (κ2) is 6.02. The van der Waals surface area contributed by atoms with Gasteiger partial charge in [-0.2, -0.15) is 4.31 Å². The molecule has 4 rings (SSSR count). The third kappa shape index (κ3) is 2.68. The summed E-state index contributed by atoms with van der Waals surface area (Å²) in [6, 6.07) is 4.77. The Morgan fingerprint density at radius 1 is 1.17 bits per heavy atom. The number of rotatable bonds is 2. The Morgan fingerprint density at radius 2 is 2.04 bits per heavy atom. The number of fused-ring (bicyclic) bond motifs is 2. The van der Waals surface area contributed by atoms with E-state index < -0.39 is 15.8 Å². The number of aromatic amines is 1. The van der Waals surface area contributed by atoms with Gasteiger partial charge in [-0.25, -0.2) is 13.2 Å². The van der Waals surface area contributed by atoms with Crippen molar-refractivity contribution < 1.29 is 12.8 Å². The Hall–Kier alpha value is -1.64. The van der Waals surface area contributed by atoms with Crippen molar-refractivity contribution in [3.8, 4) is 0 Å². The number of nitrogens with zero attached hydrogens (tertiary/aromatic N) is 1. The summed E-state index contributed by atoms with van der Waals surface area (Å²) in [6.45, 7) is 1.49. The monoisotopic (exact) mass is 351 g/mol. The fourth-order valence-corrected chi connectivity index (χ4v) is 5.61. The van der Waals surface area contributed by atoms with E-state index in [4.69, 9.17) is 4.42 Å². The van der Waals surface area contributed by atoms with Crippen LogP contribution in [0.25, 0.3) is 11.1 Å². The molecule has 7 nitrogen and oxygen atoms in total. The van der Waals surface area contributed by atoms with E-state index in [2.05, 4.69) is 10.3 Å². The van der Waals surface area contributed by atoms with Crippen molar-refractivity contribution in [2.45, 2.75) is 49.1 Å². The third-order valence-electron chi connectivity index (χ3n) is 5.08. The van der Waals surface area contributed by atoms with Crippen LogP contribution in [0.1, 0.15) is 32.1 Å². The van der Waals surface area contributed by atoms with Crippen LogP contribution in [0.2, 0.25) is 0 Å². The molecule has 1 aromatic heterocycles. The second-order valence-corrected chi connectivity index (χ2v) is 8.44. The minimum absolute atomic E-state index is 0.00870. The van der Waals surface area contributed by atoms with E-state index in [1.165, 1.54) is 18.2 Å². The minimum atomic E-state index is -3.59. The van der Waals surface area contributed by atoms with E-state index in [9.17, 15) is 13.2 Å².